The Hall–Kier alpha value is -3.10. The minimum atomic E-state index is 0.162. The number of ether oxygens (including phenoxy) is 2. The second-order valence-electron chi connectivity index (χ2n) is 10.6. The van der Waals surface area contributed by atoms with Crippen molar-refractivity contribution in [3.63, 3.8) is 0 Å². The Balaban J connectivity index is 1.29. The van der Waals surface area contributed by atoms with Crippen molar-refractivity contribution in [3.05, 3.63) is 42.3 Å². The number of rotatable bonds is 5. The van der Waals surface area contributed by atoms with Gasteiger partial charge in [-0.2, -0.15) is 5.10 Å². The summed E-state index contributed by atoms with van der Waals surface area (Å²) in [4.78, 5) is 13.2. The number of likely N-dealkylation sites (tertiary alicyclic amines) is 1. The standard InChI is InChI=1S/C28H35N6O2/c1-17(2)26-15-34(18(3)16-35-26)19-7-9-24-25(12-19)30-28(29-24)27-22-13-20(8-10-23(22)31-32-27)36-21-6-5-11-33(4)14-21/h7-10,12-13,18,21,26H,5-6,11,14-16H2,1-4H3,(H,29,30)(H,31,32). The topological polar surface area (TPSA) is 82.3 Å². The average molecular weight is 488 g/mol. The lowest BCUT2D eigenvalue weighted by atomic mass is 10.0. The Kier molecular flexibility index (Phi) is 6.09. The van der Waals surface area contributed by atoms with Crippen molar-refractivity contribution in [2.24, 2.45) is 0 Å². The largest absolute Gasteiger partial charge is 0.489 e. The molecule has 4 heterocycles. The Morgan fingerprint density at radius 2 is 2.00 bits per heavy atom. The summed E-state index contributed by atoms with van der Waals surface area (Å²) in [5, 5.41) is 8.77. The van der Waals surface area contributed by atoms with Crippen molar-refractivity contribution in [2.45, 2.75) is 51.9 Å². The highest BCUT2D eigenvalue weighted by atomic mass is 16.5. The van der Waals surface area contributed by atoms with Crippen LogP contribution in [-0.2, 0) is 4.74 Å². The van der Waals surface area contributed by atoms with Gasteiger partial charge >= 0.3 is 0 Å². The van der Waals surface area contributed by atoms with Gasteiger partial charge in [-0.05, 0) is 69.8 Å². The molecule has 1 radical (unpaired) electrons. The van der Waals surface area contributed by atoms with E-state index >= 15 is 0 Å². The molecule has 3 unspecified atom stereocenters. The minimum Gasteiger partial charge on any atom is -0.489 e. The van der Waals surface area contributed by atoms with Crippen LogP contribution in [0.25, 0.3) is 33.5 Å². The zero-order valence-electron chi connectivity index (χ0n) is 21.5. The quantitative estimate of drug-likeness (QED) is 0.421. The first-order valence-electron chi connectivity index (χ1n) is 13.0. The van der Waals surface area contributed by atoms with Gasteiger partial charge in [-0.25, -0.2) is 4.98 Å². The highest BCUT2D eigenvalue weighted by Gasteiger charge is 2.28. The van der Waals surface area contributed by atoms with E-state index < -0.39 is 0 Å². The molecule has 36 heavy (non-hydrogen) atoms. The van der Waals surface area contributed by atoms with Crippen LogP contribution >= 0.6 is 0 Å². The van der Waals surface area contributed by atoms with Gasteiger partial charge in [0.15, 0.2) is 5.82 Å². The van der Waals surface area contributed by atoms with Crippen molar-refractivity contribution in [1.82, 2.24) is 25.1 Å². The van der Waals surface area contributed by atoms with Crippen LogP contribution in [0.4, 0.5) is 5.69 Å². The molecule has 6 rings (SSSR count). The van der Waals surface area contributed by atoms with Gasteiger partial charge in [-0.15, -0.1) is 0 Å². The average Bonchev–Trinajstić information content (AvgIpc) is 3.47. The normalized spacial score (nSPS) is 23.7. The first-order valence-corrected chi connectivity index (χ1v) is 13.0. The zero-order chi connectivity index (χ0) is 24.8. The summed E-state index contributed by atoms with van der Waals surface area (Å²) in [5.74, 6) is 2.94. The molecule has 2 aromatic carbocycles. The fourth-order valence-corrected chi connectivity index (χ4v) is 5.41. The van der Waals surface area contributed by atoms with Crippen molar-refractivity contribution < 1.29 is 9.47 Å². The van der Waals surface area contributed by atoms with E-state index in [0.29, 0.717) is 6.04 Å². The SMILES string of the molecule is C[C](C)C1CN(c2ccc3nc(-c4n[nH]c5ccc(OC6CCCN(C)C6)cc45)[nH]c3c2)C(C)CO1. The third kappa shape index (κ3) is 4.44. The molecule has 2 saturated heterocycles. The van der Waals surface area contributed by atoms with Gasteiger partial charge in [0, 0.05) is 36.1 Å². The third-order valence-electron chi connectivity index (χ3n) is 7.52. The van der Waals surface area contributed by atoms with Gasteiger partial charge in [0.05, 0.1) is 29.3 Å². The van der Waals surface area contributed by atoms with E-state index in [1.54, 1.807) is 0 Å². The molecule has 8 nitrogen and oxygen atoms in total. The van der Waals surface area contributed by atoms with Gasteiger partial charge in [0.1, 0.15) is 17.5 Å². The van der Waals surface area contributed by atoms with Gasteiger partial charge in [-0.3, -0.25) is 5.10 Å². The number of aromatic nitrogens is 4. The maximum absolute atomic E-state index is 6.34. The molecule has 4 aromatic rings. The Morgan fingerprint density at radius 1 is 1.11 bits per heavy atom. The van der Waals surface area contributed by atoms with Gasteiger partial charge in [-0.1, -0.05) is 13.8 Å². The monoisotopic (exact) mass is 487 g/mol. The Labute approximate surface area is 212 Å². The van der Waals surface area contributed by atoms with Crippen molar-refractivity contribution in [3.8, 4) is 17.3 Å². The maximum Gasteiger partial charge on any atom is 0.159 e. The molecule has 2 aliphatic heterocycles. The van der Waals surface area contributed by atoms with Crippen LogP contribution in [0.2, 0.25) is 0 Å². The molecule has 2 fully saturated rings. The van der Waals surface area contributed by atoms with Crippen LogP contribution in [0.5, 0.6) is 5.75 Å². The van der Waals surface area contributed by atoms with Crippen LogP contribution in [0.1, 0.15) is 33.6 Å². The number of nitrogens with one attached hydrogen (secondary N) is 2. The predicted molar refractivity (Wildman–Crippen MR) is 143 cm³/mol. The van der Waals surface area contributed by atoms with E-state index in [2.05, 4.69) is 77.1 Å². The molecule has 0 amide bonds. The molecule has 189 valence electrons. The van der Waals surface area contributed by atoms with E-state index in [9.17, 15) is 0 Å². The molecule has 2 N–H and O–H groups in total. The van der Waals surface area contributed by atoms with Gasteiger partial charge in [0.25, 0.3) is 0 Å². The van der Waals surface area contributed by atoms with Crippen LogP contribution in [0.15, 0.2) is 36.4 Å². The summed E-state index contributed by atoms with van der Waals surface area (Å²) < 4.78 is 12.4. The van der Waals surface area contributed by atoms with Crippen molar-refractivity contribution >= 4 is 27.6 Å². The predicted octanol–water partition coefficient (Wildman–Crippen LogP) is 4.79. The lowest BCUT2D eigenvalue weighted by molar-refractivity contribution is 0.0323. The molecule has 0 aliphatic carbocycles. The number of aromatic amines is 2. The second kappa shape index (κ2) is 9.41. The summed E-state index contributed by atoms with van der Waals surface area (Å²) in [6.45, 7) is 10.2. The number of fused-ring (bicyclic) bond motifs is 2. The summed E-state index contributed by atoms with van der Waals surface area (Å²) in [6.07, 6.45) is 2.64. The van der Waals surface area contributed by atoms with E-state index in [-0.39, 0.29) is 12.2 Å². The highest BCUT2D eigenvalue weighted by Crippen LogP contribution is 2.32. The number of morpholine rings is 1. The smallest absolute Gasteiger partial charge is 0.159 e. The third-order valence-corrected chi connectivity index (χ3v) is 7.52. The first-order chi connectivity index (χ1) is 17.4. The summed E-state index contributed by atoms with van der Waals surface area (Å²) >= 11 is 0. The number of nitrogens with zero attached hydrogens (tertiary/aromatic N) is 4. The molecule has 8 heteroatoms. The number of hydrogen-bond acceptors (Lipinski definition) is 6. The van der Waals surface area contributed by atoms with Crippen molar-refractivity contribution in [2.75, 3.05) is 38.2 Å². The highest BCUT2D eigenvalue weighted by molar-refractivity contribution is 5.94. The molecule has 2 aromatic heterocycles. The Morgan fingerprint density at radius 3 is 2.83 bits per heavy atom. The van der Waals surface area contributed by atoms with Crippen LogP contribution in [-0.4, -0.2) is 76.6 Å². The Bertz CT molecular complexity index is 1360. The van der Waals surface area contributed by atoms with Gasteiger partial charge < -0.3 is 24.3 Å². The molecule has 0 saturated carbocycles. The number of H-pyrrole nitrogens is 2. The second-order valence-corrected chi connectivity index (χ2v) is 10.6. The van der Waals surface area contributed by atoms with E-state index in [0.717, 1.165) is 71.9 Å². The maximum atomic E-state index is 6.34. The molecule has 0 bridgehead atoms. The molecular formula is C28H35N6O2. The fourth-order valence-electron chi connectivity index (χ4n) is 5.41. The zero-order valence-corrected chi connectivity index (χ0v) is 21.5. The van der Waals surface area contributed by atoms with E-state index in [4.69, 9.17) is 14.5 Å². The lowest BCUT2D eigenvalue weighted by Gasteiger charge is -2.41. The number of benzene rings is 2. The van der Waals surface area contributed by atoms with E-state index in [1.807, 2.05) is 12.1 Å². The molecule has 2 aliphatic rings. The number of hydrogen-bond donors (Lipinski definition) is 2. The number of piperidine rings is 1. The van der Waals surface area contributed by atoms with Crippen LogP contribution in [0.3, 0.4) is 0 Å². The first kappa shape index (κ1) is 23.3. The molecule has 0 spiro atoms. The minimum absolute atomic E-state index is 0.162. The van der Waals surface area contributed by atoms with E-state index in [1.165, 1.54) is 18.0 Å². The van der Waals surface area contributed by atoms with Crippen molar-refractivity contribution in [1.29, 1.82) is 0 Å². The molecule has 3 atom stereocenters. The fraction of sp³-hybridized carbons (Fsp3) is 0.464. The lowest BCUT2D eigenvalue weighted by Crippen LogP contribution is -2.49. The van der Waals surface area contributed by atoms with Crippen LogP contribution in [0, 0.1) is 5.92 Å². The number of likely N-dealkylation sites (N-methyl/N-ethyl adjacent to an activating group) is 1. The van der Waals surface area contributed by atoms with Gasteiger partial charge in [0.2, 0.25) is 0 Å². The van der Waals surface area contributed by atoms with Crippen LogP contribution < -0.4 is 9.64 Å². The molecular weight excluding hydrogens is 452 g/mol. The summed E-state index contributed by atoms with van der Waals surface area (Å²) in [5.41, 5.74) is 4.89. The number of imidazole rings is 1. The summed E-state index contributed by atoms with van der Waals surface area (Å²) in [6, 6.07) is 12.9. The number of anilines is 1. The summed E-state index contributed by atoms with van der Waals surface area (Å²) in [7, 11) is 2.15.